The standard InChI is InChI=1S/C15H15N3O3/c1-10-3-5-12(9-11(10)4-6-14(19)20)17-15(21)13-7-8-16-18(13)2/h3-9H,1-2H3,(H,17,21)(H,19,20). The molecule has 6 nitrogen and oxygen atoms in total. The molecule has 108 valence electrons. The molecular weight excluding hydrogens is 270 g/mol. The van der Waals surface area contributed by atoms with Crippen molar-refractivity contribution >= 4 is 23.6 Å². The minimum atomic E-state index is -1.02. The van der Waals surface area contributed by atoms with Gasteiger partial charge in [0.2, 0.25) is 0 Å². The van der Waals surface area contributed by atoms with Crippen LogP contribution in [-0.2, 0) is 11.8 Å². The Bertz CT molecular complexity index is 717. The second kappa shape index (κ2) is 6.04. The van der Waals surface area contributed by atoms with Crippen LogP contribution in [0.1, 0.15) is 21.6 Å². The minimum Gasteiger partial charge on any atom is -0.478 e. The fraction of sp³-hybridized carbons (Fsp3) is 0.133. The maximum absolute atomic E-state index is 12.1. The number of aliphatic carboxylic acids is 1. The average molecular weight is 285 g/mol. The van der Waals surface area contributed by atoms with Crippen molar-refractivity contribution in [2.75, 3.05) is 5.32 Å². The van der Waals surface area contributed by atoms with Gasteiger partial charge in [-0.05, 0) is 42.3 Å². The number of carbonyl (C=O) groups excluding carboxylic acids is 1. The van der Waals surface area contributed by atoms with Crippen LogP contribution >= 0.6 is 0 Å². The monoisotopic (exact) mass is 285 g/mol. The molecule has 0 unspecified atom stereocenters. The molecule has 0 aliphatic rings. The number of amides is 1. The number of rotatable bonds is 4. The molecule has 2 aromatic rings. The zero-order valence-corrected chi connectivity index (χ0v) is 11.7. The van der Waals surface area contributed by atoms with E-state index in [1.807, 2.05) is 13.0 Å². The third kappa shape index (κ3) is 3.56. The molecule has 1 amide bonds. The molecule has 1 aromatic heterocycles. The van der Waals surface area contributed by atoms with Gasteiger partial charge in [0.1, 0.15) is 5.69 Å². The Morgan fingerprint density at radius 3 is 2.71 bits per heavy atom. The van der Waals surface area contributed by atoms with Gasteiger partial charge in [-0.3, -0.25) is 9.48 Å². The molecule has 0 spiro atoms. The molecule has 21 heavy (non-hydrogen) atoms. The molecular formula is C15H15N3O3. The lowest BCUT2D eigenvalue weighted by molar-refractivity contribution is -0.131. The molecule has 0 bridgehead atoms. The highest BCUT2D eigenvalue weighted by molar-refractivity contribution is 6.03. The van der Waals surface area contributed by atoms with Crippen molar-refractivity contribution in [3.8, 4) is 0 Å². The highest BCUT2D eigenvalue weighted by Gasteiger charge is 2.10. The summed E-state index contributed by atoms with van der Waals surface area (Å²) in [6.07, 6.45) is 4.11. The van der Waals surface area contributed by atoms with Crippen molar-refractivity contribution in [1.29, 1.82) is 0 Å². The van der Waals surface area contributed by atoms with Crippen molar-refractivity contribution < 1.29 is 14.7 Å². The summed E-state index contributed by atoms with van der Waals surface area (Å²) in [5, 5.41) is 15.4. The molecule has 1 aromatic carbocycles. The number of aromatic nitrogens is 2. The van der Waals surface area contributed by atoms with E-state index in [9.17, 15) is 9.59 Å². The number of hydrogen-bond acceptors (Lipinski definition) is 3. The zero-order valence-electron chi connectivity index (χ0n) is 11.7. The van der Waals surface area contributed by atoms with Crippen molar-refractivity contribution in [2.45, 2.75) is 6.92 Å². The number of anilines is 1. The average Bonchev–Trinajstić information content (AvgIpc) is 2.85. The first-order valence-corrected chi connectivity index (χ1v) is 6.28. The van der Waals surface area contributed by atoms with Gasteiger partial charge in [-0.2, -0.15) is 5.10 Å². The predicted molar refractivity (Wildman–Crippen MR) is 79.0 cm³/mol. The molecule has 1 heterocycles. The Labute approximate surface area is 121 Å². The highest BCUT2D eigenvalue weighted by Crippen LogP contribution is 2.17. The van der Waals surface area contributed by atoms with Gasteiger partial charge in [0.05, 0.1) is 0 Å². The topological polar surface area (TPSA) is 84.2 Å². The summed E-state index contributed by atoms with van der Waals surface area (Å²) in [6.45, 7) is 1.87. The van der Waals surface area contributed by atoms with E-state index in [-0.39, 0.29) is 5.91 Å². The largest absolute Gasteiger partial charge is 0.478 e. The van der Waals surface area contributed by atoms with Gasteiger partial charge in [-0.15, -0.1) is 0 Å². The van der Waals surface area contributed by atoms with Crippen LogP contribution in [-0.4, -0.2) is 26.8 Å². The molecule has 2 rings (SSSR count). The van der Waals surface area contributed by atoms with E-state index < -0.39 is 5.97 Å². The Hall–Kier alpha value is -2.89. The van der Waals surface area contributed by atoms with Crippen LogP contribution in [0.4, 0.5) is 5.69 Å². The van der Waals surface area contributed by atoms with E-state index >= 15 is 0 Å². The Morgan fingerprint density at radius 2 is 2.10 bits per heavy atom. The number of aryl methyl sites for hydroxylation is 2. The van der Waals surface area contributed by atoms with Crippen LogP contribution in [0.15, 0.2) is 36.5 Å². The number of carboxylic acids is 1. The molecule has 0 aliphatic carbocycles. The van der Waals surface area contributed by atoms with Crippen LogP contribution < -0.4 is 5.32 Å². The van der Waals surface area contributed by atoms with Gasteiger partial charge < -0.3 is 10.4 Å². The molecule has 0 aliphatic heterocycles. The first kappa shape index (κ1) is 14.5. The van der Waals surface area contributed by atoms with Gasteiger partial charge in [-0.25, -0.2) is 4.79 Å². The van der Waals surface area contributed by atoms with Crippen molar-refractivity contribution in [1.82, 2.24) is 9.78 Å². The fourth-order valence-electron chi connectivity index (χ4n) is 1.85. The number of nitrogens with zero attached hydrogens (tertiary/aromatic N) is 2. The van der Waals surface area contributed by atoms with E-state index in [4.69, 9.17) is 5.11 Å². The van der Waals surface area contributed by atoms with E-state index in [1.165, 1.54) is 10.8 Å². The summed E-state index contributed by atoms with van der Waals surface area (Å²) < 4.78 is 1.48. The van der Waals surface area contributed by atoms with Crippen molar-refractivity contribution in [2.24, 2.45) is 7.05 Å². The third-order valence-electron chi connectivity index (χ3n) is 3.00. The number of benzene rings is 1. The van der Waals surface area contributed by atoms with Gasteiger partial charge in [-0.1, -0.05) is 6.07 Å². The van der Waals surface area contributed by atoms with E-state index in [0.717, 1.165) is 17.2 Å². The van der Waals surface area contributed by atoms with Crippen LogP contribution in [0.2, 0.25) is 0 Å². The summed E-state index contributed by atoms with van der Waals surface area (Å²) >= 11 is 0. The normalized spacial score (nSPS) is 10.8. The zero-order chi connectivity index (χ0) is 15.4. The van der Waals surface area contributed by atoms with E-state index in [0.29, 0.717) is 11.4 Å². The van der Waals surface area contributed by atoms with Gasteiger partial charge >= 0.3 is 5.97 Å². The summed E-state index contributed by atoms with van der Waals surface area (Å²) in [5.74, 6) is -1.29. The van der Waals surface area contributed by atoms with Crippen molar-refractivity contribution in [3.05, 3.63) is 53.4 Å². The Morgan fingerprint density at radius 1 is 1.33 bits per heavy atom. The smallest absolute Gasteiger partial charge is 0.328 e. The van der Waals surface area contributed by atoms with E-state index in [1.54, 1.807) is 31.4 Å². The molecule has 0 radical (unpaired) electrons. The summed E-state index contributed by atoms with van der Waals surface area (Å²) in [4.78, 5) is 22.6. The number of carbonyl (C=O) groups is 2. The lowest BCUT2D eigenvalue weighted by atomic mass is 10.1. The summed E-state index contributed by atoms with van der Waals surface area (Å²) in [5.41, 5.74) is 2.70. The second-order valence-electron chi connectivity index (χ2n) is 4.54. The van der Waals surface area contributed by atoms with Gasteiger partial charge in [0, 0.05) is 25.0 Å². The Kier molecular flexibility index (Phi) is 4.18. The molecule has 6 heteroatoms. The third-order valence-corrected chi connectivity index (χ3v) is 3.00. The first-order chi connectivity index (χ1) is 9.97. The minimum absolute atomic E-state index is 0.271. The predicted octanol–water partition coefficient (Wildman–Crippen LogP) is 2.08. The lowest BCUT2D eigenvalue weighted by Crippen LogP contribution is -2.16. The quantitative estimate of drug-likeness (QED) is 0.842. The van der Waals surface area contributed by atoms with Gasteiger partial charge in [0.25, 0.3) is 5.91 Å². The number of hydrogen-bond donors (Lipinski definition) is 2. The summed E-state index contributed by atoms with van der Waals surface area (Å²) in [7, 11) is 1.69. The number of nitrogens with one attached hydrogen (secondary N) is 1. The molecule has 0 saturated heterocycles. The lowest BCUT2D eigenvalue weighted by Gasteiger charge is -2.08. The number of carboxylic acid groups (broad SMARTS) is 1. The molecule has 0 saturated carbocycles. The SMILES string of the molecule is Cc1ccc(NC(=O)c2ccnn2C)cc1C=CC(=O)O. The molecule has 0 fully saturated rings. The maximum Gasteiger partial charge on any atom is 0.328 e. The fourth-order valence-corrected chi connectivity index (χ4v) is 1.85. The Balaban J connectivity index is 2.21. The highest BCUT2D eigenvalue weighted by atomic mass is 16.4. The molecule has 2 N–H and O–H groups in total. The van der Waals surface area contributed by atoms with Crippen LogP contribution in [0.25, 0.3) is 6.08 Å². The van der Waals surface area contributed by atoms with Crippen LogP contribution in [0.5, 0.6) is 0 Å². The first-order valence-electron chi connectivity index (χ1n) is 6.28. The van der Waals surface area contributed by atoms with Crippen molar-refractivity contribution in [3.63, 3.8) is 0 Å². The van der Waals surface area contributed by atoms with Gasteiger partial charge in [0.15, 0.2) is 0 Å². The second-order valence-corrected chi connectivity index (χ2v) is 4.54. The van der Waals surface area contributed by atoms with E-state index in [2.05, 4.69) is 10.4 Å². The molecule has 0 atom stereocenters. The summed E-state index contributed by atoms with van der Waals surface area (Å²) in [6, 6.07) is 6.93. The van der Waals surface area contributed by atoms with Crippen LogP contribution in [0.3, 0.4) is 0 Å². The maximum atomic E-state index is 12.1. The van der Waals surface area contributed by atoms with Crippen LogP contribution in [0, 0.1) is 6.92 Å².